The van der Waals surface area contributed by atoms with E-state index in [1.54, 1.807) is 30.3 Å². The summed E-state index contributed by atoms with van der Waals surface area (Å²) < 4.78 is 0. The number of hydrogen-bond donors (Lipinski definition) is 3. The molecule has 1 aromatic carbocycles. The Morgan fingerprint density at radius 3 is 2.15 bits per heavy atom. The summed E-state index contributed by atoms with van der Waals surface area (Å²) in [5, 5.41) is 21.8. The fourth-order valence-corrected chi connectivity index (χ4v) is 2.78. The van der Waals surface area contributed by atoms with Gasteiger partial charge in [-0.05, 0) is 18.4 Å². The van der Waals surface area contributed by atoms with E-state index in [9.17, 15) is 19.8 Å². The van der Waals surface area contributed by atoms with Crippen molar-refractivity contribution in [2.24, 2.45) is 0 Å². The van der Waals surface area contributed by atoms with Crippen LogP contribution >= 0.6 is 0 Å². The van der Waals surface area contributed by atoms with Gasteiger partial charge < -0.3 is 10.2 Å². The average Bonchev–Trinajstić information content (AvgIpc) is 2.46. The highest BCUT2D eigenvalue weighted by atomic mass is 16.4. The van der Waals surface area contributed by atoms with Crippen molar-refractivity contribution in [2.45, 2.75) is 43.7 Å². The second-order valence-corrected chi connectivity index (χ2v) is 5.27. The minimum Gasteiger partial charge on any atom is -0.480 e. The topological polar surface area (TPSA) is 86.6 Å². The van der Waals surface area contributed by atoms with Crippen molar-refractivity contribution < 1.29 is 19.8 Å². The Morgan fingerprint density at radius 2 is 1.65 bits per heavy atom. The van der Waals surface area contributed by atoms with Crippen LogP contribution in [-0.4, -0.2) is 27.7 Å². The van der Waals surface area contributed by atoms with Gasteiger partial charge in [0, 0.05) is 0 Å². The number of hydrogen-bond acceptors (Lipinski definition) is 3. The second kappa shape index (κ2) is 6.05. The molecule has 0 heterocycles. The van der Waals surface area contributed by atoms with Crippen molar-refractivity contribution in [2.75, 3.05) is 0 Å². The minimum atomic E-state index is -1.13. The van der Waals surface area contributed by atoms with Crippen LogP contribution in [0, 0.1) is 0 Å². The number of nitrogens with one attached hydrogen (secondary N) is 1. The third-order valence-electron chi connectivity index (χ3n) is 3.92. The molecule has 20 heavy (non-hydrogen) atoms. The minimum absolute atomic E-state index is 0.471. The molecule has 3 N–H and O–H groups in total. The molecule has 5 heteroatoms. The van der Waals surface area contributed by atoms with Gasteiger partial charge in [0.25, 0.3) is 0 Å². The molecule has 0 unspecified atom stereocenters. The first-order valence-electron chi connectivity index (χ1n) is 6.84. The number of aliphatic carboxylic acids is 2. The van der Waals surface area contributed by atoms with E-state index in [1.165, 1.54) is 0 Å². The van der Waals surface area contributed by atoms with Crippen LogP contribution in [0.4, 0.5) is 0 Å². The Kier molecular flexibility index (Phi) is 4.39. The molecule has 5 nitrogen and oxygen atoms in total. The SMILES string of the molecule is O=C(O)[C@H](NC1(C(=O)O)CCCCC1)c1ccccc1. The van der Waals surface area contributed by atoms with Gasteiger partial charge in [0.15, 0.2) is 0 Å². The predicted octanol–water partition coefficient (Wildman–Crippen LogP) is 2.19. The smallest absolute Gasteiger partial charge is 0.325 e. The van der Waals surface area contributed by atoms with Crippen molar-refractivity contribution in [3.05, 3.63) is 35.9 Å². The lowest BCUT2D eigenvalue weighted by molar-refractivity contribution is -0.149. The first-order chi connectivity index (χ1) is 9.55. The van der Waals surface area contributed by atoms with Crippen LogP contribution in [0.1, 0.15) is 43.7 Å². The number of carboxylic acid groups (broad SMARTS) is 2. The molecule has 0 bridgehead atoms. The van der Waals surface area contributed by atoms with Gasteiger partial charge in [-0.1, -0.05) is 49.6 Å². The maximum atomic E-state index is 11.6. The summed E-state index contributed by atoms with van der Waals surface area (Å²) in [6.07, 6.45) is 3.55. The summed E-state index contributed by atoms with van der Waals surface area (Å²) in [6, 6.07) is 7.71. The maximum Gasteiger partial charge on any atom is 0.325 e. The van der Waals surface area contributed by atoms with Crippen LogP contribution in [0.5, 0.6) is 0 Å². The van der Waals surface area contributed by atoms with Crippen LogP contribution < -0.4 is 5.32 Å². The van der Waals surface area contributed by atoms with Crippen molar-refractivity contribution in [1.82, 2.24) is 5.32 Å². The largest absolute Gasteiger partial charge is 0.480 e. The molecular weight excluding hydrogens is 258 g/mol. The first-order valence-corrected chi connectivity index (χ1v) is 6.84. The van der Waals surface area contributed by atoms with E-state index in [0.29, 0.717) is 18.4 Å². The van der Waals surface area contributed by atoms with Gasteiger partial charge in [0.1, 0.15) is 11.6 Å². The Morgan fingerprint density at radius 1 is 1.05 bits per heavy atom. The zero-order valence-electron chi connectivity index (χ0n) is 11.2. The van der Waals surface area contributed by atoms with Gasteiger partial charge in [-0.3, -0.25) is 14.9 Å². The summed E-state index contributed by atoms with van der Waals surface area (Å²) in [5.74, 6) is -2.01. The van der Waals surface area contributed by atoms with Crippen molar-refractivity contribution in [3.8, 4) is 0 Å². The normalized spacial score (nSPS) is 19.2. The standard InChI is InChI=1S/C15H19NO4/c17-13(18)12(11-7-3-1-4-8-11)16-15(14(19)20)9-5-2-6-10-15/h1,3-4,7-8,12,16H,2,5-6,9-10H2,(H,17,18)(H,19,20)/t12-/m1/s1. The first kappa shape index (κ1) is 14.5. The molecule has 0 radical (unpaired) electrons. The van der Waals surface area contributed by atoms with E-state index < -0.39 is 23.5 Å². The molecule has 2 rings (SSSR count). The number of carboxylic acids is 2. The summed E-state index contributed by atoms with van der Waals surface area (Å²) >= 11 is 0. The van der Waals surface area contributed by atoms with E-state index in [-0.39, 0.29) is 0 Å². The molecule has 108 valence electrons. The van der Waals surface area contributed by atoms with Crippen LogP contribution in [0.2, 0.25) is 0 Å². The summed E-state index contributed by atoms with van der Waals surface area (Å²) in [6.45, 7) is 0. The highest BCUT2D eigenvalue weighted by Crippen LogP contribution is 2.31. The fourth-order valence-electron chi connectivity index (χ4n) is 2.78. The molecule has 1 aliphatic carbocycles. The molecule has 1 aliphatic rings. The number of carbonyl (C=O) groups is 2. The molecule has 1 atom stereocenters. The van der Waals surface area contributed by atoms with E-state index in [4.69, 9.17) is 0 Å². The van der Waals surface area contributed by atoms with Crippen molar-refractivity contribution >= 4 is 11.9 Å². The molecule has 0 aliphatic heterocycles. The lowest BCUT2D eigenvalue weighted by Gasteiger charge is -2.36. The summed E-state index contributed by atoms with van der Waals surface area (Å²) in [5.41, 5.74) is -0.553. The van der Waals surface area contributed by atoms with Gasteiger partial charge >= 0.3 is 11.9 Å². The van der Waals surface area contributed by atoms with Gasteiger partial charge in [-0.2, -0.15) is 0 Å². The van der Waals surface area contributed by atoms with E-state index in [2.05, 4.69) is 5.32 Å². The molecule has 0 aromatic heterocycles. The Bertz CT molecular complexity index is 480. The summed E-state index contributed by atoms with van der Waals surface area (Å²) in [4.78, 5) is 23.1. The number of benzene rings is 1. The Labute approximate surface area is 117 Å². The van der Waals surface area contributed by atoms with E-state index in [1.807, 2.05) is 0 Å². The third kappa shape index (κ3) is 2.99. The van der Waals surface area contributed by atoms with Gasteiger partial charge in [0.05, 0.1) is 0 Å². The van der Waals surface area contributed by atoms with Crippen LogP contribution in [0.15, 0.2) is 30.3 Å². The fraction of sp³-hybridized carbons (Fsp3) is 0.467. The van der Waals surface area contributed by atoms with Gasteiger partial charge in [-0.25, -0.2) is 0 Å². The molecule has 0 amide bonds. The lowest BCUT2D eigenvalue weighted by atomic mass is 9.80. The third-order valence-corrected chi connectivity index (χ3v) is 3.92. The molecule has 1 fully saturated rings. The van der Waals surface area contributed by atoms with Crippen molar-refractivity contribution in [1.29, 1.82) is 0 Å². The highest BCUT2D eigenvalue weighted by molar-refractivity contribution is 5.82. The lowest BCUT2D eigenvalue weighted by Crippen LogP contribution is -2.55. The molecule has 0 spiro atoms. The zero-order chi connectivity index (χ0) is 14.6. The van der Waals surface area contributed by atoms with Crippen LogP contribution in [0.25, 0.3) is 0 Å². The molecule has 1 saturated carbocycles. The average molecular weight is 277 g/mol. The zero-order valence-corrected chi connectivity index (χ0v) is 11.2. The quantitative estimate of drug-likeness (QED) is 0.768. The predicted molar refractivity (Wildman–Crippen MR) is 73.4 cm³/mol. The highest BCUT2D eigenvalue weighted by Gasteiger charge is 2.42. The molecule has 0 saturated heterocycles. The van der Waals surface area contributed by atoms with Crippen LogP contribution in [-0.2, 0) is 9.59 Å². The van der Waals surface area contributed by atoms with Gasteiger partial charge in [-0.15, -0.1) is 0 Å². The number of rotatable bonds is 5. The Hall–Kier alpha value is -1.88. The molecular formula is C15H19NO4. The maximum absolute atomic E-state index is 11.6. The van der Waals surface area contributed by atoms with Crippen LogP contribution in [0.3, 0.4) is 0 Å². The molecule has 1 aromatic rings. The van der Waals surface area contributed by atoms with E-state index >= 15 is 0 Å². The van der Waals surface area contributed by atoms with Gasteiger partial charge in [0.2, 0.25) is 0 Å². The van der Waals surface area contributed by atoms with E-state index in [0.717, 1.165) is 19.3 Å². The summed E-state index contributed by atoms with van der Waals surface area (Å²) in [7, 11) is 0. The van der Waals surface area contributed by atoms with Crippen molar-refractivity contribution in [3.63, 3.8) is 0 Å². The monoisotopic (exact) mass is 277 g/mol. The second-order valence-electron chi connectivity index (χ2n) is 5.27. The Balaban J connectivity index is 2.26.